The maximum atomic E-state index is 12.8. The van der Waals surface area contributed by atoms with Crippen molar-refractivity contribution in [2.24, 2.45) is 0 Å². The van der Waals surface area contributed by atoms with Crippen molar-refractivity contribution in [1.29, 1.82) is 0 Å². The number of fused-ring (bicyclic) bond motifs is 2. The van der Waals surface area contributed by atoms with Gasteiger partial charge >= 0.3 is 6.18 Å². The van der Waals surface area contributed by atoms with Crippen LogP contribution in [0.5, 0.6) is 0 Å². The van der Waals surface area contributed by atoms with Crippen molar-refractivity contribution in [1.82, 2.24) is 9.62 Å². The SMILES string of the molecule is O=S(=O)(NCCCCCN1CCC2(CCc3ccccc32)CC1)c1cccc(C(F)(F)F)c1. The zero-order chi connectivity index (χ0) is 23.5. The van der Waals surface area contributed by atoms with Gasteiger partial charge in [0.25, 0.3) is 0 Å². The minimum absolute atomic E-state index is 0.221. The summed E-state index contributed by atoms with van der Waals surface area (Å²) in [7, 11) is -3.95. The third kappa shape index (κ3) is 5.61. The molecule has 1 spiro atoms. The molecule has 0 aromatic heterocycles. The van der Waals surface area contributed by atoms with E-state index >= 15 is 0 Å². The number of hydrogen-bond donors (Lipinski definition) is 1. The van der Waals surface area contributed by atoms with Gasteiger partial charge in [-0.05, 0) is 92.9 Å². The van der Waals surface area contributed by atoms with Crippen LogP contribution in [0.15, 0.2) is 53.4 Å². The molecule has 0 unspecified atom stereocenters. The highest BCUT2D eigenvalue weighted by molar-refractivity contribution is 7.89. The second kappa shape index (κ2) is 9.76. The fourth-order valence-corrected chi connectivity index (χ4v) is 6.37. The average Bonchev–Trinajstić information content (AvgIpc) is 3.15. The van der Waals surface area contributed by atoms with Gasteiger partial charge < -0.3 is 4.90 Å². The summed E-state index contributed by atoms with van der Waals surface area (Å²) in [5, 5.41) is 0. The molecule has 2 aromatic rings. The molecule has 4 nitrogen and oxygen atoms in total. The van der Waals surface area contributed by atoms with Crippen LogP contribution >= 0.6 is 0 Å². The fraction of sp³-hybridized carbons (Fsp3) is 0.520. The predicted octanol–water partition coefficient (Wildman–Crippen LogP) is 5.13. The highest BCUT2D eigenvalue weighted by Crippen LogP contribution is 2.46. The van der Waals surface area contributed by atoms with E-state index in [4.69, 9.17) is 0 Å². The molecule has 8 heteroatoms. The molecule has 0 saturated carbocycles. The van der Waals surface area contributed by atoms with Crippen molar-refractivity contribution in [3.63, 3.8) is 0 Å². The number of piperidine rings is 1. The zero-order valence-electron chi connectivity index (χ0n) is 18.7. The Morgan fingerprint density at radius 2 is 1.70 bits per heavy atom. The number of aryl methyl sites for hydroxylation is 1. The largest absolute Gasteiger partial charge is 0.416 e. The van der Waals surface area contributed by atoms with Gasteiger partial charge in [0.2, 0.25) is 10.0 Å². The Kier molecular flexibility index (Phi) is 7.17. The summed E-state index contributed by atoms with van der Waals surface area (Å²) in [5.74, 6) is 0. The monoisotopic (exact) mass is 480 g/mol. The van der Waals surface area contributed by atoms with Gasteiger partial charge in [0.05, 0.1) is 10.5 Å². The second-order valence-electron chi connectivity index (χ2n) is 9.26. The fourth-order valence-electron chi connectivity index (χ4n) is 5.25. The quantitative estimate of drug-likeness (QED) is 0.533. The van der Waals surface area contributed by atoms with E-state index in [-0.39, 0.29) is 11.4 Å². The molecule has 0 atom stereocenters. The minimum Gasteiger partial charge on any atom is -0.303 e. The molecule has 1 saturated heterocycles. The maximum absolute atomic E-state index is 12.8. The topological polar surface area (TPSA) is 49.4 Å². The van der Waals surface area contributed by atoms with E-state index in [2.05, 4.69) is 33.9 Å². The van der Waals surface area contributed by atoms with Crippen LogP contribution in [0, 0.1) is 0 Å². The smallest absolute Gasteiger partial charge is 0.303 e. The van der Waals surface area contributed by atoms with Crippen LogP contribution in [-0.2, 0) is 28.0 Å². The number of nitrogens with zero attached hydrogens (tertiary/aromatic N) is 1. The average molecular weight is 481 g/mol. The van der Waals surface area contributed by atoms with Crippen molar-refractivity contribution in [2.75, 3.05) is 26.2 Å². The molecule has 180 valence electrons. The molecule has 4 rings (SSSR count). The van der Waals surface area contributed by atoms with Gasteiger partial charge in [0.15, 0.2) is 0 Å². The number of likely N-dealkylation sites (tertiary alicyclic amines) is 1. The molecule has 1 aliphatic carbocycles. The second-order valence-corrected chi connectivity index (χ2v) is 11.0. The van der Waals surface area contributed by atoms with E-state index in [1.54, 1.807) is 5.56 Å². The molecule has 0 radical (unpaired) electrons. The Hall–Kier alpha value is -1.90. The lowest BCUT2D eigenvalue weighted by Crippen LogP contribution is -2.41. The predicted molar refractivity (Wildman–Crippen MR) is 123 cm³/mol. The Morgan fingerprint density at radius 3 is 2.45 bits per heavy atom. The first-order valence-corrected chi connectivity index (χ1v) is 13.2. The van der Waals surface area contributed by atoms with Crippen LogP contribution < -0.4 is 4.72 Å². The van der Waals surface area contributed by atoms with E-state index in [9.17, 15) is 21.6 Å². The third-order valence-corrected chi connectivity index (χ3v) is 8.65. The molecule has 2 aliphatic rings. The van der Waals surface area contributed by atoms with Gasteiger partial charge in [-0.2, -0.15) is 13.2 Å². The summed E-state index contributed by atoms with van der Waals surface area (Å²) < 4.78 is 65.6. The molecule has 2 aromatic carbocycles. The van der Waals surface area contributed by atoms with E-state index in [1.807, 2.05) is 0 Å². The number of halogens is 3. The summed E-state index contributed by atoms with van der Waals surface area (Å²) >= 11 is 0. The summed E-state index contributed by atoms with van der Waals surface area (Å²) in [6, 6.07) is 12.7. The zero-order valence-corrected chi connectivity index (χ0v) is 19.5. The van der Waals surface area contributed by atoms with Gasteiger partial charge in [0.1, 0.15) is 0 Å². The van der Waals surface area contributed by atoms with Gasteiger partial charge in [-0.25, -0.2) is 13.1 Å². The van der Waals surface area contributed by atoms with Crippen molar-refractivity contribution < 1.29 is 21.6 Å². The third-order valence-electron chi connectivity index (χ3n) is 7.19. The number of alkyl halides is 3. The highest BCUT2D eigenvalue weighted by atomic mass is 32.2. The number of rotatable bonds is 8. The minimum atomic E-state index is -4.57. The number of nitrogens with one attached hydrogen (secondary N) is 1. The maximum Gasteiger partial charge on any atom is 0.416 e. The van der Waals surface area contributed by atoms with E-state index in [1.165, 1.54) is 37.3 Å². The molecule has 1 fully saturated rings. The van der Waals surface area contributed by atoms with Gasteiger partial charge in [-0.15, -0.1) is 0 Å². The standard InChI is InChI=1S/C25H31F3N2O2S/c26-25(27,28)21-8-6-9-22(19-21)33(31,32)29-15-4-1-5-16-30-17-13-24(14-18-30)12-11-20-7-2-3-10-23(20)24/h2-3,6-10,19,29H,1,4-5,11-18H2. The molecular formula is C25H31F3N2O2S. The molecule has 33 heavy (non-hydrogen) atoms. The van der Waals surface area contributed by atoms with Crippen molar-refractivity contribution in [2.45, 2.75) is 61.4 Å². The summed E-state index contributed by atoms with van der Waals surface area (Å²) in [5.41, 5.74) is 2.46. The molecule has 0 bridgehead atoms. The van der Waals surface area contributed by atoms with Crippen molar-refractivity contribution in [3.05, 3.63) is 65.2 Å². The van der Waals surface area contributed by atoms with Crippen molar-refractivity contribution >= 4 is 10.0 Å². The molecule has 0 amide bonds. The van der Waals surface area contributed by atoms with E-state index in [0.717, 1.165) is 44.6 Å². The van der Waals surface area contributed by atoms with Crippen LogP contribution in [0.3, 0.4) is 0 Å². The van der Waals surface area contributed by atoms with Crippen LogP contribution in [0.25, 0.3) is 0 Å². The lowest BCUT2D eigenvalue weighted by Gasteiger charge is -2.40. The van der Waals surface area contributed by atoms with Gasteiger partial charge in [-0.1, -0.05) is 36.8 Å². The van der Waals surface area contributed by atoms with Gasteiger partial charge in [-0.3, -0.25) is 0 Å². The molecule has 1 aliphatic heterocycles. The molecule has 1 N–H and O–H groups in total. The van der Waals surface area contributed by atoms with Crippen LogP contribution in [0.2, 0.25) is 0 Å². The van der Waals surface area contributed by atoms with Crippen LogP contribution in [-0.4, -0.2) is 39.5 Å². The van der Waals surface area contributed by atoms with Crippen LogP contribution in [0.1, 0.15) is 55.2 Å². The summed E-state index contributed by atoms with van der Waals surface area (Å²) in [4.78, 5) is 2.15. The van der Waals surface area contributed by atoms with E-state index < -0.39 is 21.8 Å². The number of unbranched alkanes of at least 4 members (excludes halogenated alkanes) is 2. The Morgan fingerprint density at radius 1 is 0.939 bits per heavy atom. The van der Waals surface area contributed by atoms with Crippen molar-refractivity contribution in [3.8, 4) is 0 Å². The Bertz CT molecular complexity index is 1060. The van der Waals surface area contributed by atoms with Gasteiger partial charge in [0, 0.05) is 6.54 Å². The normalized spacial score (nSPS) is 18.5. The van der Waals surface area contributed by atoms with Crippen LogP contribution in [0.4, 0.5) is 13.2 Å². The molecular weight excluding hydrogens is 449 g/mol. The Balaban J connectivity index is 1.16. The lowest BCUT2D eigenvalue weighted by molar-refractivity contribution is -0.137. The summed E-state index contributed by atoms with van der Waals surface area (Å²) in [6.45, 7) is 3.41. The number of sulfonamides is 1. The first kappa shape index (κ1) is 24.2. The first-order valence-electron chi connectivity index (χ1n) is 11.7. The number of benzene rings is 2. The number of hydrogen-bond acceptors (Lipinski definition) is 3. The highest BCUT2D eigenvalue weighted by Gasteiger charge is 2.40. The molecule has 1 heterocycles. The Labute approximate surface area is 194 Å². The first-order chi connectivity index (χ1) is 15.7. The van der Waals surface area contributed by atoms with E-state index in [0.29, 0.717) is 17.9 Å². The lowest BCUT2D eigenvalue weighted by atomic mass is 9.74. The summed E-state index contributed by atoms with van der Waals surface area (Å²) in [6.07, 6.45) is 2.77.